The van der Waals surface area contributed by atoms with Crippen molar-refractivity contribution in [1.82, 2.24) is 5.59 Å². The molecule has 0 aliphatic rings. The van der Waals surface area contributed by atoms with Crippen molar-refractivity contribution in [2.75, 3.05) is 18.1 Å². The molecule has 0 rings (SSSR count). The summed E-state index contributed by atoms with van der Waals surface area (Å²) in [7, 11) is 0. The van der Waals surface area contributed by atoms with Crippen molar-refractivity contribution in [3.63, 3.8) is 0 Å². The molecule has 0 radical (unpaired) electrons. The molecule has 6 nitrogen and oxygen atoms in total. The summed E-state index contributed by atoms with van der Waals surface area (Å²) in [5.41, 5.74) is 1.78. The Bertz CT molecular complexity index is 147. The van der Waals surface area contributed by atoms with Crippen LogP contribution in [0.2, 0.25) is 0 Å². The summed E-state index contributed by atoms with van der Waals surface area (Å²) < 4.78 is 0. The van der Waals surface area contributed by atoms with Gasteiger partial charge in [0, 0.05) is 11.5 Å². The molecule has 0 heterocycles. The van der Waals surface area contributed by atoms with E-state index < -0.39 is 12.1 Å². The molecule has 0 fully saturated rings. The highest BCUT2D eigenvalue weighted by Gasteiger charge is 2.04. The summed E-state index contributed by atoms with van der Waals surface area (Å²) in [4.78, 5) is 14.9. The zero-order chi connectivity index (χ0) is 10.1. The third-order valence-electron chi connectivity index (χ3n) is 1.14. The maximum Gasteiger partial charge on any atom is 0.327 e. The van der Waals surface area contributed by atoms with E-state index in [9.17, 15) is 4.79 Å². The molecular formula is C6H14N2O4S. The van der Waals surface area contributed by atoms with Gasteiger partial charge < -0.3 is 15.1 Å². The highest BCUT2D eigenvalue weighted by atomic mass is 32.2. The molecule has 0 aromatic heterocycles. The fourth-order valence-electron chi connectivity index (χ4n) is 0.544. The summed E-state index contributed by atoms with van der Waals surface area (Å²) in [6.45, 7) is -0.262. The van der Waals surface area contributed by atoms with Crippen molar-refractivity contribution >= 4 is 17.7 Å². The number of thioether (sulfide) groups is 1. The topological polar surface area (TPSA) is 105 Å². The number of hydrogen-bond acceptors (Lipinski definition) is 7. The Kier molecular flexibility index (Phi) is 8.05. The Morgan fingerprint density at radius 2 is 2.38 bits per heavy atom. The van der Waals surface area contributed by atoms with Crippen LogP contribution in [0.4, 0.5) is 0 Å². The minimum Gasteiger partial charge on any atom is -0.394 e. The predicted octanol–water partition coefficient (Wildman–Crippen LogP) is -1.62. The van der Waals surface area contributed by atoms with E-state index in [1.807, 2.05) is 0 Å². The average Bonchev–Trinajstić information content (AvgIpc) is 2.12. The predicted molar refractivity (Wildman–Crippen MR) is 48.4 cm³/mol. The van der Waals surface area contributed by atoms with Gasteiger partial charge in [-0.25, -0.2) is 5.84 Å². The Hall–Kier alpha value is -0.340. The molecule has 1 unspecified atom stereocenters. The van der Waals surface area contributed by atoms with Crippen LogP contribution in [0.3, 0.4) is 0 Å². The number of rotatable bonds is 7. The summed E-state index contributed by atoms with van der Waals surface area (Å²) in [5.74, 6) is 5.21. The minimum absolute atomic E-state index is 0.215. The van der Waals surface area contributed by atoms with E-state index >= 15 is 0 Å². The van der Waals surface area contributed by atoms with E-state index in [2.05, 4.69) is 4.84 Å². The molecule has 0 aliphatic heterocycles. The third-order valence-corrected chi connectivity index (χ3v) is 2.26. The second-order valence-electron chi connectivity index (χ2n) is 2.25. The zero-order valence-electron chi connectivity index (χ0n) is 7.10. The first-order valence-corrected chi connectivity index (χ1v) is 4.88. The van der Waals surface area contributed by atoms with E-state index in [0.29, 0.717) is 11.5 Å². The molecule has 7 heteroatoms. The van der Waals surface area contributed by atoms with Gasteiger partial charge in [0.2, 0.25) is 0 Å². The number of carbonyl (C=O) groups is 1. The van der Waals surface area contributed by atoms with Gasteiger partial charge in [-0.2, -0.15) is 11.8 Å². The van der Waals surface area contributed by atoms with Crippen molar-refractivity contribution in [3.8, 4) is 0 Å². The molecule has 0 amide bonds. The Labute approximate surface area is 80.4 Å². The SMILES string of the molecule is NNOC(=O)CCSCC(O)CO. The van der Waals surface area contributed by atoms with E-state index in [1.54, 1.807) is 5.59 Å². The normalized spacial score (nSPS) is 12.5. The van der Waals surface area contributed by atoms with Crippen LogP contribution in [-0.2, 0) is 9.63 Å². The standard InChI is InChI=1S/C6H14N2O4S/c7-8-12-6(11)1-2-13-4-5(10)3-9/h5,8-10H,1-4,7H2. The number of hydrogen-bond donors (Lipinski definition) is 4. The Morgan fingerprint density at radius 3 is 2.92 bits per heavy atom. The first kappa shape index (κ1) is 12.7. The number of aliphatic hydroxyl groups excluding tert-OH is 2. The van der Waals surface area contributed by atoms with E-state index in [-0.39, 0.29) is 13.0 Å². The maximum atomic E-state index is 10.7. The summed E-state index contributed by atoms with van der Waals surface area (Å²) >= 11 is 1.36. The van der Waals surface area contributed by atoms with E-state index in [0.717, 1.165) is 0 Å². The molecule has 0 aliphatic carbocycles. The van der Waals surface area contributed by atoms with E-state index in [1.165, 1.54) is 11.8 Å². The number of carbonyl (C=O) groups excluding carboxylic acids is 1. The molecule has 0 aromatic carbocycles. The molecule has 5 N–H and O–H groups in total. The van der Waals surface area contributed by atoms with Crippen molar-refractivity contribution in [2.45, 2.75) is 12.5 Å². The molecule has 0 spiro atoms. The van der Waals surface area contributed by atoms with Crippen LogP contribution in [0.15, 0.2) is 0 Å². The van der Waals surface area contributed by atoms with Gasteiger partial charge in [-0.05, 0) is 0 Å². The summed E-state index contributed by atoms with van der Waals surface area (Å²) in [6.07, 6.45) is -0.513. The second kappa shape index (κ2) is 8.27. The van der Waals surface area contributed by atoms with Gasteiger partial charge in [-0.1, -0.05) is 5.59 Å². The average molecular weight is 210 g/mol. The van der Waals surface area contributed by atoms with Gasteiger partial charge in [-0.3, -0.25) is 4.79 Å². The monoisotopic (exact) mass is 210 g/mol. The van der Waals surface area contributed by atoms with Gasteiger partial charge in [0.15, 0.2) is 0 Å². The molecule has 0 aromatic rings. The lowest BCUT2D eigenvalue weighted by Gasteiger charge is -2.05. The molecule has 0 bridgehead atoms. The first-order chi connectivity index (χ1) is 6.20. The Balaban J connectivity index is 3.20. The van der Waals surface area contributed by atoms with Crippen molar-refractivity contribution in [2.24, 2.45) is 5.84 Å². The fourth-order valence-corrected chi connectivity index (χ4v) is 1.40. The van der Waals surface area contributed by atoms with Gasteiger partial charge in [-0.15, -0.1) is 0 Å². The number of hydrazine groups is 1. The van der Waals surface area contributed by atoms with Crippen LogP contribution in [0.1, 0.15) is 6.42 Å². The number of nitrogens with two attached hydrogens (primary N) is 1. The van der Waals surface area contributed by atoms with Gasteiger partial charge in [0.05, 0.1) is 19.1 Å². The third kappa shape index (κ3) is 8.00. The van der Waals surface area contributed by atoms with Crippen molar-refractivity contribution in [1.29, 1.82) is 0 Å². The van der Waals surface area contributed by atoms with Gasteiger partial charge in [0.1, 0.15) is 0 Å². The largest absolute Gasteiger partial charge is 0.394 e. The van der Waals surface area contributed by atoms with E-state index in [4.69, 9.17) is 16.1 Å². The molecule has 0 saturated carbocycles. The lowest BCUT2D eigenvalue weighted by Crippen LogP contribution is -2.26. The van der Waals surface area contributed by atoms with Crippen LogP contribution in [0.5, 0.6) is 0 Å². The molecular weight excluding hydrogens is 196 g/mol. The van der Waals surface area contributed by atoms with Gasteiger partial charge in [0.25, 0.3) is 0 Å². The minimum atomic E-state index is -0.728. The van der Waals surface area contributed by atoms with Gasteiger partial charge >= 0.3 is 5.97 Å². The Morgan fingerprint density at radius 1 is 1.69 bits per heavy atom. The lowest BCUT2D eigenvalue weighted by molar-refractivity contribution is -0.150. The van der Waals surface area contributed by atoms with Crippen LogP contribution >= 0.6 is 11.8 Å². The number of aliphatic hydroxyl groups is 2. The molecule has 13 heavy (non-hydrogen) atoms. The van der Waals surface area contributed by atoms with Crippen LogP contribution in [0, 0.1) is 0 Å². The van der Waals surface area contributed by atoms with Crippen LogP contribution < -0.4 is 11.4 Å². The summed E-state index contributed by atoms with van der Waals surface area (Å²) in [6, 6.07) is 0. The second-order valence-corrected chi connectivity index (χ2v) is 3.40. The highest BCUT2D eigenvalue weighted by Crippen LogP contribution is 2.04. The fraction of sp³-hybridized carbons (Fsp3) is 0.833. The summed E-state index contributed by atoms with van der Waals surface area (Å²) in [5, 5.41) is 17.4. The zero-order valence-corrected chi connectivity index (χ0v) is 7.92. The lowest BCUT2D eigenvalue weighted by atomic mass is 10.4. The maximum absolute atomic E-state index is 10.7. The number of nitrogens with one attached hydrogen (secondary N) is 1. The molecule has 0 saturated heterocycles. The van der Waals surface area contributed by atoms with Crippen LogP contribution in [-0.4, -0.2) is 40.4 Å². The first-order valence-electron chi connectivity index (χ1n) is 3.72. The van der Waals surface area contributed by atoms with Crippen molar-refractivity contribution in [3.05, 3.63) is 0 Å². The quantitative estimate of drug-likeness (QED) is 0.227. The highest BCUT2D eigenvalue weighted by molar-refractivity contribution is 7.99. The smallest absolute Gasteiger partial charge is 0.327 e. The van der Waals surface area contributed by atoms with Crippen LogP contribution in [0.25, 0.3) is 0 Å². The molecule has 78 valence electrons. The van der Waals surface area contributed by atoms with Crippen molar-refractivity contribution < 1.29 is 19.8 Å². The molecule has 1 atom stereocenters.